The first kappa shape index (κ1) is 13.8. The second-order valence-electron chi connectivity index (χ2n) is 3.78. The van der Waals surface area contributed by atoms with Gasteiger partial charge in [-0.1, -0.05) is 6.07 Å². The van der Waals surface area contributed by atoms with Gasteiger partial charge >= 0.3 is 0 Å². The average molecular weight is 260 g/mol. The summed E-state index contributed by atoms with van der Waals surface area (Å²) in [6.07, 6.45) is 0. The summed E-state index contributed by atoms with van der Waals surface area (Å²) in [5.74, 6) is -0.806. The third-order valence-electron chi connectivity index (χ3n) is 2.28. The average Bonchev–Trinajstić information content (AvgIpc) is 2.26. The van der Waals surface area contributed by atoms with Crippen molar-refractivity contribution in [1.29, 1.82) is 0 Å². The largest absolute Gasteiger partial charge is 0.496 e. The van der Waals surface area contributed by atoms with Crippen LogP contribution in [0.25, 0.3) is 0 Å². The number of alkyl halides is 1. The first-order valence-electron chi connectivity index (χ1n) is 5.19. The van der Waals surface area contributed by atoms with Crippen LogP contribution in [0.4, 0.5) is 4.39 Å². The van der Waals surface area contributed by atoms with E-state index in [1.807, 2.05) is 0 Å². The van der Waals surface area contributed by atoms with Gasteiger partial charge in [0, 0.05) is 19.0 Å². The molecule has 94 valence electrons. The Kier molecular flexibility index (Phi) is 4.75. The van der Waals surface area contributed by atoms with Crippen molar-refractivity contribution >= 4 is 17.5 Å². The number of methoxy groups -OCH3 is 1. The predicted octanol–water partition coefficient (Wildman–Crippen LogP) is 2.53. The van der Waals surface area contributed by atoms with E-state index in [2.05, 4.69) is 0 Å². The molecule has 1 rings (SSSR count). The van der Waals surface area contributed by atoms with Crippen molar-refractivity contribution in [2.75, 3.05) is 20.7 Å². The highest BCUT2D eigenvalue weighted by molar-refractivity contribution is 6.20. The standard InChI is InChI=1S/C12H15ClFNO2/c1-8(13)7-15(2)12(16)11-9(14)5-4-6-10(11)17-3/h4-6,8H,7H2,1-3H3. The Hall–Kier alpha value is -1.29. The highest BCUT2D eigenvalue weighted by Crippen LogP contribution is 2.22. The fourth-order valence-corrected chi connectivity index (χ4v) is 1.74. The number of halogens is 2. The topological polar surface area (TPSA) is 29.5 Å². The van der Waals surface area contributed by atoms with Gasteiger partial charge in [0.1, 0.15) is 17.1 Å². The molecule has 1 amide bonds. The van der Waals surface area contributed by atoms with Crippen LogP contribution in [0.3, 0.4) is 0 Å². The van der Waals surface area contributed by atoms with Crippen LogP contribution in [0.2, 0.25) is 0 Å². The molecule has 1 atom stereocenters. The molecular formula is C12H15ClFNO2. The van der Waals surface area contributed by atoms with Crippen LogP contribution >= 0.6 is 11.6 Å². The first-order chi connectivity index (χ1) is 7.97. The smallest absolute Gasteiger partial charge is 0.260 e. The molecule has 0 bridgehead atoms. The predicted molar refractivity (Wildman–Crippen MR) is 65.2 cm³/mol. The van der Waals surface area contributed by atoms with Crippen LogP contribution in [0.1, 0.15) is 17.3 Å². The summed E-state index contributed by atoms with van der Waals surface area (Å²) >= 11 is 5.80. The fraction of sp³-hybridized carbons (Fsp3) is 0.417. The van der Waals surface area contributed by atoms with Gasteiger partial charge in [0.2, 0.25) is 0 Å². The van der Waals surface area contributed by atoms with Crippen LogP contribution in [-0.4, -0.2) is 36.9 Å². The Bertz CT molecular complexity index is 409. The molecule has 17 heavy (non-hydrogen) atoms. The molecule has 1 aromatic carbocycles. The van der Waals surface area contributed by atoms with Gasteiger partial charge in [0.05, 0.1) is 7.11 Å². The van der Waals surface area contributed by atoms with Gasteiger partial charge in [0.25, 0.3) is 5.91 Å². The summed E-state index contributed by atoms with van der Waals surface area (Å²) in [6, 6.07) is 4.27. The lowest BCUT2D eigenvalue weighted by Gasteiger charge is -2.20. The van der Waals surface area contributed by atoms with Crippen LogP contribution in [0.15, 0.2) is 18.2 Å². The highest BCUT2D eigenvalue weighted by atomic mass is 35.5. The molecule has 5 heteroatoms. The Morgan fingerprint density at radius 3 is 2.76 bits per heavy atom. The lowest BCUT2D eigenvalue weighted by atomic mass is 10.1. The van der Waals surface area contributed by atoms with Gasteiger partial charge < -0.3 is 9.64 Å². The van der Waals surface area contributed by atoms with E-state index in [4.69, 9.17) is 16.3 Å². The van der Waals surface area contributed by atoms with E-state index in [-0.39, 0.29) is 16.7 Å². The first-order valence-corrected chi connectivity index (χ1v) is 5.63. The maximum Gasteiger partial charge on any atom is 0.260 e. The Labute approximate surface area is 105 Å². The summed E-state index contributed by atoms with van der Waals surface area (Å²) in [5.41, 5.74) is -0.0604. The van der Waals surface area contributed by atoms with Gasteiger partial charge in [-0.3, -0.25) is 4.79 Å². The third-order valence-corrected chi connectivity index (χ3v) is 2.42. The zero-order valence-corrected chi connectivity index (χ0v) is 10.8. The molecule has 3 nitrogen and oxygen atoms in total. The zero-order valence-electron chi connectivity index (χ0n) is 10.0. The Morgan fingerprint density at radius 2 is 2.24 bits per heavy atom. The van der Waals surface area contributed by atoms with E-state index in [1.54, 1.807) is 20.0 Å². The van der Waals surface area contributed by atoms with Crippen molar-refractivity contribution in [3.05, 3.63) is 29.6 Å². The number of nitrogens with zero attached hydrogens (tertiary/aromatic N) is 1. The van der Waals surface area contributed by atoms with E-state index < -0.39 is 11.7 Å². The van der Waals surface area contributed by atoms with Gasteiger partial charge in [-0.05, 0) is 19.1 Å². The third kappa shape index (κ3) is 3.33. The minimum atomic E-state index is -0.594. The van der Waals surface area contributed by atoms with Crippen LogP contribution in [0, 0.1) is 5.82 Å². The van der Waals surface area contributed by atoms with Gasteiger partial charge in [0.15, 0.2) is 0 Å². The van der Waals surface area contributed by atoms with E-state index in [0.717, 1.165) is 0 Å². The number of rotatable bonds is 4. The minimum absolute atomic E-state index is 0.0604. The molecule has 0 spiro atoms. The molecule has 0 aromatic heterocycles. The molecule has 0 aliphatic heterocycles. The number of benzene rings is 1. The molecular weight excluding hydrogens is 245 g/mol. The number of carbonyl (C=O) groups is 1. The molecule has 0 aliphatic rings. The maximum absolute atomic E-state index is 13.6. The van der Waals surface area contributed by atoms with Gasteiger partial charge in [-0.25, -0.2) is 4.39 Å². The van der Waals surface area contributed by atoms with Gasteiger partial charge in [-0.15, -0.1) is 11.6 Å². The molecule has 0 N–H and O–H groups in total. The van der Waals surface area contributed by atoms with Crippen molar-refractivity contribution in [2.24, 2.45) is 0 Å². The van der Waals surface area contributed by atoms with E-state index in [0.29, 0.717) is 6.54 Å². The van der Waals surface area contributed by atoms with Crippen molar-refractivity contribution in [2.45, 2.75) is 12.3 Å². The minimum Gasteiger partial charge on any atom is -0.496 e. The van der Waals surface area contributed by atoms with Crippen molar-refractivity contribution < 1.29 is 13.9 Å². The quantitative estimate of drug-likeness (QED) is 0.778. The van der Waals surface area contributed by atoms with E-state index in [1.165, 1.54) is 24.1 Å². The summed E-state index contributed by atoms with van der Waals surface area (Å²) in [5, 5.41) is -0.193. The number of hydrogen-bond donors (Lipinski definition) is 0. The highest BCUT2D eigenvalue weighted by Gasteiger charge is 2.21. The molecule has 0 radical (unpaired) electrons. The molecule has 0 saturated carbocycles. The summed E-state index contributed by atoms with van der Waals surface area (Å²) in [7, 11) is 2.98. The fourth-order valence-electron chi connectivity index (χ4n) is 1.53. The number of amides is 1. The molecule has 1 unspecified atom stereocenters. The van der Waals surface area contributed by atoms with Crippen molar-refractivity contribution in [3.8, 4) is 5.75 Å². The Morgan fingerprint density at radius 1 is 1.59 bits per heavy atom. The number of ether oxygens (including phenoxy) is 1. The SMILES string of the molecule is COc1cccc(F)c1C(=O)N(C)CC(C)Cl. The second kappa shape index (κ2) is 5.87. The molecule has 0 saturated heterocycles. The van der Waals surface area contributed by atoms with E-state index in [9.17, 15) is 9.18 Å². The summed E-state index contributed by atoms with van der Waals surface area (Å²) in [6.45, 7) is 2.11. The maximum atomic E-state index is 13.6. The lowest BCUT2D eigenvalue weighted by molar-refractivity contribution is 0.0788. The number of hydrogen-bond acceptors (Lipinski definition) is 2. The Balaban J connectivity index is 3.03. The normalized spacial score (nSPS) is 12.1. The van der Waals surface area contributed by atoms with Crippen molar-refractivity contribution in [1.82, 2.24) is 4.90 Å². The molecule has 0 aliphatic carbocycles. The molecule has 0 fully saturated rings. The second-order valence-corrected chi connectivity index (χ2v) is 4.53. The summed E-state index contributed by atoms with van der Waals surface area (Å²) < 4.78 is 18.6. The lowest BCUT2D eigenvalue weighted by Crippen LogP contribution is -2.32. The monoisotopic (exact) mass is 259 g/mol. The molecule has 0 heterocycles. The number of carbonyl (C=O) groups excluding carboxylic acids is 1. The van der Waals surface area contributed by atoms with Crippen molar-refractivity contribution in [3.63, 3.8) is 0 Å². The van der Waals surface area contributed by atoms with Crippen LogP contribution in [-0.2, 0) is 0 Å². The van der Waals surface area contributed by atoms with Gasteiger partial charge in [-0.2, -0.15) is 0 Å². The summed E-state index contributed by atoms with van der Waals surface area (Å²) in [4.78, 5) is 13.4. The van der Waals surface area contributed by atoms with Crippen LogP contribution in [0.5, 0.6) is 5.75 Å². The van der Waals surface area contributed by atoms with E-state index >= 15 is 0 Å². The molecule has 1 aromatic rings. The van der Waals surface area contributed by atoms with Crippen LogP contribution < -0.4 is 4.74 Å². The zero-order chi connectivity index (χ0) is 13.0.